The van der Waals surface area contributed by atoms with E-state index in [2.05, 4.69) is 9.78 Å². The molecule has 0 aromatic rings. The Bertz CT molecular complexity index is 420. The summed E-state index contributed by atoms with van der Waals surface area (Å²) in [7, 11) is -4.01. The van der Waals surface area contributed by atoms with Crippen LogP contribution in [-0.4, -0.2) is 41.9 Å². The first-order valence-electron chi connectivity index (χ1n) is 3.63. The summed E-state index contributed by atoms with van der Waals surface area (Å²) in [5.41, 5.74) is 0. The van der Waals surface area contributed by atoms with Gasteiger partial charge in [0.15, 0.2) is 20.3 Å². The zero-order valence-electron chi connectivity index (χ0n) is 7.37. The molecule has 1 rings (SSSR count). The van der Waals surface area contributed by atoms with Gasteiger partial charge >= 0.3 is 17.9 Å². The highest BCUT2D eigenvalue weighted by Crippen LogP contribution is 2.34. The number of carbonyl (C=O) groups excluding carboxylic acids is 2. The molecule has 0 saturated carbocycles. The molecule has 0 aliphatic carbocycles. The second kappa shape index (κ2) is 3.50. The van der Waals surface area contributed by atoms with Crippen LogP contribution in [0.3, 0.4) is 0 Å². The monoisotopic (exact) mass is 238 g/mol. The van der Waals surface area contributed by atoms with E-state index in [9.17, 15) is 22.8 Å². The van der Waals surface area contributed by atoms with Crippen LogP contribution in [0, 0.1) is 0 Å². The Morgan fingerprint density at radius 1 is 1.13 bits per heavy atom. The summed E-state index contributed by atoms with van der Waals surface area (Å²) >= 11 is 0. The summed E-state index contributed by atoms with van der Waals surface area (Å²) in [5, 5.41) is 4.80. The molecular weight excluding hydrogens is 232 g/mol. The fraction of sp³-hybridized carbons (Fsp3) is 0.500. The standard InChI is InChI=1S/C6H6O8S/c1-2(7)13-14-6(10)4-3(5(8)9)15(4,11)12/h3-4H,1H3,(H,8,9). The molecule has 0 radical (unpaired) electrons. The van der Waals surface area contributed by atoms with Gasteiger partial charge in [-0.3, -0.25) is 4.79 Å². The number of hydrogen-bond acceptors (Lipinski definition) is 7. The molecule has 2 atom stereocenters. The van der Waals surface area contributed by atoms with Crippen LogP contribution in [0.15, 0.2) is 0 Å². The fourth-order valence-electron chi connectivity index (χ4n) is 0.944. The first kappa shape index (κ1) is 11.4. The topological polar surface area (TPSA) is 124 Å². The summed E-state index contributed by atoms with van der Waals surface area (Å²) in [5.74, 6) is -3.99. The predicted octanol–water partition coefficient (Wildman–Crippen LogP) is -1.74. The van der Waals surface area contributed by atoms with Crippen molar-refractivity contribution < 1.29 is 37.7 Å². The van der Waals surface area contributed by atoms with E-state index in [4.69, 9.17) is 5.11 Å². The van der Waals surface area contributed by atoms with E-state index >= 15 is 0 Å². The molecule has 8 nitrogen and oxygen atoms in total. The minimum atomic E-state index is -4.01. The number of rotatable bonds is 2. The van der Waals surface area contributed by atoms with Gasteiger partial charge in [-0.2, -0.15) is 0 Å². The van der Waals surface area contributed by atoms with Crippen molar-refractivity contribution in [3.8, 4) is 0 Å². The average Bonchev–Trinajstić information content (AvgIpc) is 2.65. The van der Waals surface area contributed by atoms with E-state index in [0.29, 0.717) is 0 Å². The van der Waals surface area contributed by atoms with Gasteiger partial charge in [0, 0.05) is 6.92 Å². The maximum atomic E-state index is 10.9. The maximum Gasteiger partial charge on any atom is 0.375 e. The Balaban J connectivity index is 2.65. The van der Waals surface area contributed by atoms with Crippen molar-refractivity contribution in [3.63, 3.8) is 0 Å². The summed E-state index contributed by atoms with van der Waals surface area (Å²) in [6, 6.07) is 0. The second-order valence-electron chi connectivity index (χ2n) is 2.75. The van der Waals surface area contributed by atoms with Crippen molar-refractivity contribution in [3.05, 3.63) is 0 Å². The van der Waals surface area contributed by atoms with Crippen molar-refractivity contribution in [1.29, 1.82) is 0 Å². The quantitative estimate of drug-likeness (QED) is 0.341. The molecule has 0 aromatic heterocycles. The Kier molecular flexibility index (Phi) is 2.67. The SMILES string of the molecule is CC(=O)OOC(=O)C1C(C(=O)O)S1(=O)=O. The van der Waals surface area contributed by atoms with E-state index in [0.717, 1.165) is 6.92 Å². The number of hydrogen-bond donors (Lipinski definition) is 1. The molecule has 1 aliphatic heterocycles. The van der Waals surface area contributed by atoms with E-state index in [-0.39, 0.29) is 0 Å². The smallest absolute Gasteiger partial charge is 0.375 e. The third-order valence-corrected chi connectivity index (χ3v) is 3.66. The second-order valence-corrected chi connectivity index (χ2v) is 4.94. The average molecular weight is 238 g/mol. The van der Waals surface area contributed by atoms with Gasteiger partial charge in [-0.05, 0) is 0 Å². The summed E-state index contributed by atoms with van der Waals surface area (Å²) < 4.78 is 21.8. The zero-order chi connectivity index (χ0) is 11.8. The highest BCUT2D eigenvalue weighted by Gasteiger charge is 2.68. The van der Waals surface area contributed by atoms with Crippen molar-refractivity contribution >= 4 is 27.7 Å². The van der Waals surface area contributed by atoms with Gasteiger partial charge in [0.1, 0.15) is 0 Å². The van der Waals surface area contributed by atoms with E-state index < -0.39 is 38.2 Å². The minimum absolute atomic E-state index is 0.934. The molecular formula is C6H6O8S. The third-order valence-electron chi connectivity index (χ3n) is 1.62. The van der Waals surface area contributed by atoms with Gasteiger partial charge in [0.25, 0.3) is 0 Å². The Morgan fingerprint density at radius 3 is 2.00 bits per heavy atom. The molecule has 1 N–H and O–H groups in total. The van der Waals surface area contributed by atoms with Crippen LogP contribution in [0.1, 0.15) is 6.92 Å². The molecule has 0 spiro atoms. The van der Waals surface area contributed by atoms with Crippen LogP contribution in [0.5, 0.6) is 0 Å². The third kappa shape index (κ3) is 2.06. The van der Waals surface area contributed by atoms with Crippen molar-refractivity contribution in [2.75, 3.05) is 0 Å². The van der Waals surface area contributed by atoms with Crippen LogP contribution < -0.4 is 0 Å². The van der Waals surface area contributed by atoms with E-state index in [1.54, 1.807) is 0 Å². The van der Waals surface area contributed by atoms with Gasteiger partial charge in [0.05, 0.1) is 0 Å². The van der Waals surface area contributed by atoms with Crippen molar-refractivity contribution in [2.45, 2.75) is 17.4 Å². The molecule has 0 aromatic carbocycles. The maximum absolute atomic E-state index is 10.9. The van der Waals surface area contributed by atoms with Crippen LogP contribution >= 0.6 is 0 Å². The van der Waals surface area contributed by atoms with E-state index in [1.807, 2.05) is 0 Å². The molecule has 84 valence electrons. The Morgan fingerprint density at radius 2 is 1.67 bits per heavy atom. The highest BCUT2D eigenvalue weighted by molar-refractivity contribution is 8.01. The van der Waals surface area contributed by atoms with Crippen molar-refractivity contribution in [2.24, 2.45) is 0 Å². The predicted molar refractivity (Wildman–Crippen MR) is 42.0 cm³/mol. The number of sulfone groups is 1. The van der Waals surface area contributed by atoms with Crippen LogP contribution in [0.2, 0.25) is 0 Å². The van der Waals surface area contributed by atoms with Crippen LogP contribution in [0.25, 0.3) is 0 Å². The molecule has 0 bridgehead atoms. The summed E-state index contributed by atoms with van der Waals surface area (Å²) in [6.07, 6.45) is 0. The Hall–Kier alpha value is -1.64. The lowest BCUT2D eigenvalue weighted by Crippen LogP contribution is -2.19. The van der Waals surface area contributed by atoms with Gasteiger partial charge in [0.2, 0.25) is 0 Å². The lowest BCUT2D eigenvalue weighted by Gasteiger charge is -1.96. The van der Waals surface area contributed by atoms with Gasteiger partial charge < -0.3 is 5.11 Å². The molecule has 0 amide bonds. The first-order valence-corrected chi connectivity index (χ1v) is 5.24. The van der Waals surface area contributed by atoms with Crippen LogP contribution in [-0.2, 0) is 34.0 Å². The minimum Gasteiger partial charge on any atom is -0.480 e. The first-order chi connectivity index (χ1) is 6.78. The van der Waals surface area contributed by atoms with Gasteiger partial charge in [-0.25, -0.2) is 27.8 Å². The molecule has 2 unspecified atom stereocenters. The van der Waals surface area contributed by atoms with Gasteiger partial charge in [-0.1, -0.05) is 0 Å². The van der Waals surface area contributed by atoms with E-state index in [1.165, 1.54) is 0 Å². The fourth-order valence-corrected chi connectivity index (χ4v) is 2.57. The largest absolute Gasteiger partial charge is 0.480 e. The Labute approximate surface area is 83.6 Å². The van der Waals surface area contributed by atoms with Crippen molar-refractivity contribution in [1.82, 2.24) is 0 Å². The van der Waals surface area contributed by atoms with Gasteiger partial charge in [-0.15, -0.1) is 0 Å². The number of carboxylic acids is 1. The molecule has 1 fully saturated rings. The lowest BCUT2D eigenvalue weighted by atomic mass is 10.3. The highest BCUT2D eigenvalue weighted by atomic mass is 32.2. The zero-order valence-corrected chi connectivity index (χ0v) is 8.18. The lowest BCUT2D eigenvalue weighted by molar-refractivity contribution is -0.256. The molecule has 9 heteroatoms. The molecule has 1 heterocycles. The number of carbonyl (C=O) groups is 3. The van der Waals surface area contributed by atoms with Crippen LogP contribution in [0.4, 0.5) is 0 Å². The number of aliphatic carboxylic acids is 1. The molecule has 1 saturated heterocycles. The normalized spacial score (nSPS) is 26.5. The molecule has 1 aliphatic rings. The summed E-state index contributed by atoms with van der Waals surface area (Å²) in [6.45, 7) is 0.934. The summed E-state index contributed by atoms with van der Waals surface area (Å²) in [4.78, 5) is 39.0. The number of carboxylic acid groups (broad SMARTS) is 1. The molecule has 15 heavy (non-hydrogen) atoms.